The van der Waals surface area contributed by atoms with E-state index in [2.05, 4.69) is 20.9 Å². The molecule has 0 aliphatic carbocycles. The van der Waals surface area contributed by atoms with Crippen LogP contribution < -0.4 is 10.5 Å². The van der Waals surface area contributed by atoms with E-state index in [0.29, 0.717) is 34.1 Å². The standard InChI is InChI=1S/C24H23ClN8O2S/c25-18-3-1-5-20(11-18)36(34,35)30-12-16-6-8-17(9-7-16)22-21-23(27)28-15-29-24(21)33(31-22)19-4-2-10-32(13-19)14-26/h1,3,5-9,11,15,19,30H,2,4,10,12-13H2,(H2,27,28,29). The summed E-state index contributed by atoms with van der Waals surface area (Å²) in [6, 6.07) is 13.5. The molecule has 1 unspecified atom stereocenters. The Morgan fingerprint density at radius 2 is 2.00 bits per heavy atom. The van der Waals surface area contributed by atoms with E-state index in [4.69, 9.17) is 22.4 Å². The molecule has 0 amide bonds. The fraction of sp³-hybridized carbons (Fsp3) is 0.250. The summed E-state index contributed by atoms with van der Waals surface area (Å²) in [5, 5.41) is 15.2. The topological polar surface area (TPSA) is 143 Å². The van der Waals surface area contributed by atoms with Crippen molar-refractivity contribution in [1.29, 1.82) is 5.26 Å². The van der Waals surface area contributed by atoms with E-state index in [-0.39, 0.29) is 17.5 Å². The average molecular weight is 523 g/mol. The molecular formula is C24H23ClN8O2S. The molecule has 10 nitrogen and oxygen atoms in total. The molecule has 184 valence electrons. The van der Waals surface area contributed by atoms with E-state index in [1.807, 2.05) is 28.9 Å². The van der Waals surface area contributed by atoms with E-state index < -0.39 is 10.0 Å². The van der Waals surface area contributed by atoms with Crippen LogP contribution in [0.4, 0.5) is 5.82 Å². The third-order valence-corrected chi connectivity index (χ3v) is 7.84. The van der Waals surface area contributed by atoms with Crippen molar-refractivity contribution in [2.24, 2.45) is 0 Å². The number of nitrogen functional groups attached to an aromatic ring is 1. The van der Waals surface area contributed by atoms with E-state index >= 15 is 0 Å². The van der Waals surface area contributed by atoms with Gasteiger partial charge in [-0.2, -0.15) is 10.4 Å². The Balaban J connectivity index is 1.41. The third kappa shape index (κ3) is 4.70. The second-order valence-corrected chi connectivity index (χ2v) is 10.8. The second kappa shape index (κ2) is 9.73. The molecule has 2 aromatic carbocycles. The van der Waals surface area contributed by atoms with Crippen molar-refractivity contribution in [3.63, 3.8) is 0 Å². The zero-order chi connectivity index (χ0) is 25.3. The zero-order valence-corrected chi connectivity index (χ0v) is 20.7. The van der Waals surface area contributed by atoms with Crippen LogP contribution in [0.15, 0.2) is 59.8 Å². The monoisotopic (exact) mass is 522 g/mol. The SMILES string of the molecule is N#CN1CCCC(n2nc(-c3ccc(CNS(=O)(=O)c4cccc(Cl)c4)cc3)c3c(N)ncnc32)C1. The van der Waals surface area contributed by atoms with Gasteiger partial charge in [0.2, 0.25) is 10.0 Å². The molecule has 1 saturated heterocycles. The minimum Gasteiger partial charge on any atom is -0.383 e. The van der Waals surface area contributed by atoms with Crippen molar-refractivity contribution in [2.45, 2.75) is 30.3 Å². The lowest BCUT2D eigenvalue weighted by Gasteiger charge is -2.28. The van der Waals surface area contributed by atoms with Gasteiger partial charge in [-0.15, -0.1) is 0 Å². The maximum atomic E-state index is 12.6. The molecule has 12 heteroatoms. The highest BCUT2D eigenvalue weighted by molar-refractivity contribution is 7.89. The van der Waals surface area contributed by atoms with E-state index in [9.17, 15) is 13.7 Å². The van der Waals surface area contributed by atoms with Crippen LogP contribution in [0.25, 0.3) is 22.3 Å². The molecule has 1 fully saturated rings. The van der Waals surface area contributed by atoms with Crippen molar-refractivity contribution in [3.8, 4) is 17.5 Å². The molecule has 0 saturated carbocycles. The Morgan fingerprint density at radius 1 is 1.19 bits per heavy atom. The first-order valence-electron chi connectivity index (χ1n) is 11.3. The molecule has 36 heavy (non-hydrogen) atoms. The number of sulfonamides is 1. The van der Waals surface area contributed by atoms with Gasteiger partial charge in [0.15, 0.2) is 11.8 Å². The van der Waals surface area contributed by atoms with E-state index in [1.165, 1.54) is 18.5 Å². The number of fused-ring (bicyclic) bond motifs is 1. The van der Waals surface area contributed by atoms with Gasteiger partial charge in [0.1, 0.15) is 17.8 Å². The summed E-state index contributed by atoms with van der Waals surface area (Å²) in [5.41, 5.74) is 9.07. The van der Waals surface area contributed by atoms with Crippen LogP contribution in [0, 0.1) is 11.5 Å². The minimum atomic E-state index is -3.70. The number of aromatic nitrogens is 4. The van der Waals surface area contributed by atoms with Crippen LogP contribution in [-0.2, 0) is 16.6 Å². The van der Waals surface area contributed by atoms with E-state index in [0.717, 1.165) is 30.5 Å². The number of nitrogens with one attached hydrogen (secondary N) is 1. The number of hydrogen-bond acceptors (Lipinski definition) is 8. The van der Waals surface area contributed by atoms with Gasteiger partial charge in [-0.25, -0.2) is 27.8 Å². The van der Waals surface area contributed by atoms with Crippen LogP contribution in [-0.4, -0.2) is 46.2 Å². The highest BCUT2D eigenvalue weighted by Crippen LogP contribution is 2.33. The number of piperidine rings is 1. The Bertz CT molecular complexity index is 1560. The van der Waals surface area contributed by atoms with Crippen LogP contribution in [0.2, 0.25) is 5.02 Å². The number of rotatable bonds is 6. The first-order valence-corrected chi connectivity index (χ1v) is 13.2. The molecule has 2 aromatic heterocycles. The van der Waals surface area contributed by atoms with Crippen molar-refractivity contribution in [2.75, 3.05) is 18.8 Å². The van der Waals surface area contributed by atoms with Crippen LogP contribution in [0.5, 0.6) is 0 Å². The summed E-state index contributed by atoms with van der Waals surface area (Å²) in [4.78, 5) is 10.4. The van der Waals surface area contributed by atoms with Gasteiger partial charge in [0, 0.05) is 23.7 Å². The van der Waals surface area contributed by atoms with Gasteiger partial charge in [0.25, 0.3) is 0 Å². The number of halogens is 1. The number of nitrogens with two attached hydrogens (primary N) is 1. The van der Waals surface area contributed by atoms with Gasteiger partial charge in [0.05, 0.1) is 22.9 Å². The fourth-order valence-electron chi connectivity index (χ4n) is 4.37. The second-order valence-electron chi connectivity index (χ2n) is 8.57. The highest BCUT2D eigenvalue weighted by Gasteiger charge is 2.26. The first kappa shape index (κ1) is 24.0. The predicted molar refractivity (Wildman–Crippen MR) is 136 cm³/mol. The molecule has 1 aliphatic rings. The molecule has 1 aliphatic heterocycles. The van der Waals surface area contributed by atoms with Gasteiger partial charge in [-0.3, -0.25) is 0 Å². The maximum absolute atomic E-state index is 12.6. The lowest BCUT2D eigenvalue weighted by atomic mass is 10.1. The van der Waals surface area contributed by atoms with Gasteiger partial charge in [-0.05, 0) is 36.6 Å². The fourth-order valence-corrected chi connectivity index (χ4v) is 5.69. The quantitative estimate of drug-likeness (QED) is 0.367. The number of anilines is 1. The van der Waals surface area contributed by atoms with Crippen LogP contribution >= 0.6 is 11.6 Å². The molecule has 3 N–H and O–H groups in total. The van der Waals surface area contributed by atoms with Crippen molar-refractivity contribution in [3.05, 3.63) is 65.4 Å². The molecule has 0 bridgehead atoms. The minimum absolute atomic E-state index is 0.0101. The molecule has 1 atom stereocenters. The largest absolute Gasteiger partial charge is 0.383 e. The number of nitrogens with zero attached hydrogens (tertiary/aromatic N) is 6. The molecule has 4 aromatic rings. The van der Waals surface area contributed by atoms with Gasteiger partial charge in [-0.1, -0.05) is 41.9 Å². The summed E-state index contributed by atoms with van der Waals surface area (Å²) in [7, 11) is -3.70. The maximum Gasteiger partial charge on any atom is 0.240 e. The number of benzene rings is 2. The van der Waals surface area contributed by atoms with Crippen LogP contribution in [0.1, 0.15) is 24.4 Å². The summed E-state index contributed by atoms with van der Waals surface area (Å²) < 4.78 is 29.6. The molecule has 0 spiro atoms. The summed E-state index contributed by atoms with van der Waals surface area (Å²) in [5.74, 6) is 0.326. The van der Waals surface area contributed by atoms with Gasteiger partial charge < -0.3 is 10.6 Å². The first-order chi connectivity index (χ1) is 17.4. The molecular weight excluding hydrogens is 500 g/mol. The zero-order valence-electron chi connectivity index (χ0n) is 19.2. The summed E-state index contributed by atoms with van der Waals surface area (Å²) in [6.07, 6.45) is 5.40. The predicted octanol–water partition coefficient (Wildman–Crippen LogP) is 3.33. The molecule has 5 rings (SSSR count). The van der Waals surface area contributed by atoms with Gasteiger partial charge >= 0.3 is 0 Å². The molecule has 0 radical (unpaired) electrons. The number of nitriles is 1. The normalized spacial score (nSPS) is 16.2. The smallest absolute Gasteiger partial charge is 0.240 e. The summed E-state index contributed by atoms with van der Waals surface area (Å²) in [6.45, 7) is 1.41. The van der Waals surface area contributed by atoms with Crippen molar-refractivity contribution in [1.82, 2.24) is 29.4 Å². The highest BCUT2D eigenvalue weighted by atomic mass is 35.5. The lowest BCUT2D eigenvalue weighted by Crippen LogP contribution is -2.33. The summed E-state index contributed by atoms with van der Waals surface area (Å²) >= 11 is 5.93. The Morgan fingerprint density at radius 3 is 2.75 bits per heavy atom. The average Bonchev–Trinajstić information content (AvgIpc) is 3.29. The lowest BCUT2D eigenvalue weighted by molar-refractivity contribution is 0.236. The number of hydrogen-bond donors (Lipinski definition) is 2. The Kier molecular flexibility index (Phi) is 6.49. The van der Waals surface area contributed by atoms with Crippen molar-refractivity contribution < 1.29 is 8.42 Å². The Hall–Kier alpha value is -3.72. The Labute approximate surface area is 213 Å². The molecule has 3 heterocycles. The van der Waals surface area contributed by atoms with Crippen molar-refractivity contribution >= 4 is 38.5 Å². The van der Waals surface area contributed by atoms with E-state index in [1.54, 1.807) is 17.0 Å². The third-order valence-electron chi connectivity index (χ3n) is 6.20. The number of likely N-dealkylation sites (tertiary alicyclic amines) is 1. The van der Waals surface area contributed by atoms with Crippen LogP contribution in [0.3, 0.4) is 0 Å².